The number of anilines is 1. The van der Waals surface area contributed by atoms with E-state index in [-0.39, 0.29) is 30.5 Å². The molecule has 0 aromatic heterocycles. The molecule has 0 saturated carbocycles. The average Bonchev–Trinajstić information content (AvgIpc) is 2.83. The zero-order valence-corrected chi connectivity index (χ0v) is 17.6. The second-order valence-corrected chi connectivity index (χ2v) is 7.71. The van der Waals surface area contributed by atoms with Crippen molar-refractivity contribution in [2.45, 2.75) is 6.42 Å². The number of para-hydroxylation sites is 2. The van der Waals surface area contributed by atoms with E-state index in [1.54, 1.807) is 23.1 Å². The van der Waals surface area contributed by atoms with Crippen LogP contribution in [-0.4, -0.2) is 54.4 Å². The summed E-state index contributed by atoms with van der Waals surface area (Å²) in [4.78, 5) is 39.5. The molecule has 8 nitrogen and oxygen atoms in total. The second-order valence-electron chi connectivity index (χ2n) is 7.71. The number of carbonyl (C=O) groups is 2. The predicted octanol–water partition coefficient (Wildman–Crippen LogP) is 2.76. The number of rotatable bonds is 6. The summed E-state index contributed by atoms with van der Waals surface area (Å²) in [5.74, 6) is -0.355. The van der Waals surface area contributed by atoms with E-state index in [0.717, 1.165) is 16.3 Å². The van der Waals surface area contributed by atoms with Gasteiger partial charge in [-0.1, -0.05) is 54.6 Å². The third-order valence-corrected chi connectivity index (χ3v) is 5.72. The Morgan fingerprint density at radius 3 is 2.38 bits per heavy atom. The molecule has 1 heterocycles. The first-order valence-electron chi connectivity index (χ1n) is 10.5. The van der Waals surface area contributed by atoms with Crippen LogP contribution in [0.1, 0.15) is 5.56 Å². The Labute approximate surface area is 185 Å². The van der Waals surface area contributed by atoms with Gasteiger partial charge in [0, 0.05) is 32.2 Å². The predicted molar refractivity (Wildman–Crippen MR) is 123 cm³/mol. The number of hydrogen-bond acceptors (Lipinski definition) is 5. The molecule has 1 fully saturated rings. The highest BCUT2D eigenvalue weighted by molar-refractivity contribution is 5.91. The highest BCUT2D eigenvalue weighted by Crippen LogP contribution is 2.28. The minimum absolute atomic E-state index is 0.0604. The molecule has 0 unspecified atom stereocenters. The average molecular weight is 432 g/mol. The van der Waals surface area contributed by atoms with Gasteiger partial charge in [-0.15, -0.1) is 0 Å². The molecule has 0 atom stereocenters. The van der Waals surface area contributed by atoms with Crippen LogP contribution in [-0.2, 0) is 16.0 Å². The number of nitro benzene ring substituents is 1. The normalized spacial score (nSPS) is 13.8. The van der Waals surface area contributed by atoms with Crippen LogP contribution in [0.5, 0.6) is 0 Å². The van der Waals surface area contributed by atoms with Gasteiger partial charge in [0.1, 0.15) is 5.69 Å². The first-order chi connectivity index (χ1) is 15.5. The van der Waals surface area contributed by atoms with E-state index in [4.69, 9.17) is 0 Å². The van der Waals surface area contributed by atoms with E-state index >= 15 is 0 Å². The summed E-state index contributed by atoms with van der Waals surface area (Å²) in [6.07, 6.45) is 0.208. The third kappa shape index (κ3) is 4.69. The molecule has 3 aromatic carbocycles. The number of fused-ring (bicyclic) bond motifs is 1. The smallest absolute Gasteiger partial charge is 0.292 e. The van der Waals surface area contributed by atoms with E-state index in [1.165, 1.54) is 6.07 Å². The molecule has 1 N–H and O–H groups in total. The van der Waals surface area contributed by atoms with Gasteiger partial charge in [-0.05, 0) is 22.4 Å². The number of nitro groups is 1. The summed E-state index contributed by atoms with van der Waals surface area (Å²) >= 11 is 0. The van der Waals surface area contributed by atoms with Crippen LogP contribution in [0.25, 0.3) is 10.8 Å². The van der Waals surface area contributed by atoms with Crippen molar-refractivity contribution < 1.29 is 14.5 Å². The van der Waals surface area contributed by atoms with Gasteiger partial charge in [0.15, 0.2) is 0 Å². The summed E-state index contributed by atoms with van der Waals surface area (Å²) < 4.78 is 0. The van der Waals surface area contributed by atoms with Gasteiger partial charge >= 0.3 is 0 Å². The van der Waals surface area contributed by atoms with E-state index in [1.807, 2.05) is 47.4 Å². The van der Waals surface area contributed by atoms with Gasteiger partial charge in [0.05, 0.1) is 17.9 Å². The van der Waals surface area contributed by atoms with Crippen LogP contribution >= 0.6 is 0 Å². The van der Waals surface area contributed by atoms with Crippen LogP contribution in [0.2, 0.25) is 0 Å². The first-order valence-corrected chi connectivity index (χ1v) is 10.5. The van der Waals surface area contributed by atoms with Crippen LogP contribution in [0.3, 0.4) is 0 Å². The quantitative estimate of drug-likeness (QED) is 0.477. The summed E-state index contributed by atoms with van der Waals surface area (Å²) in [7, 11) is 0. The largest absolute Gasteiger partial charge is 0.362 e. The zero-order chi connectivity index (χ0) is 22.5. The Morgan fingerprint density at radius 2 is 1.59 bits per heavy atom. The Kier molecular flexibility index (Phi) is 6.30. The van der Waals surface area contributed by atoms with Crippen molar-refractivity contribution >= 4 is 34.0 Å². The van der Waals surface area contributed by atoms with E-state index in [9.17, 15) is 19.7 Å². The molecule has 3 aromatic rings. The summed E-state index contributed by atoms with van der Waals surface area (Å²) in [5.41, 5.74) is 1.55. The molecule has 0 radical (unpaired) electrons. The number of amides is 2. The fourth-order valence-electron chi connectivity index (χ4n) is 4.05. The van der Waals surface area contributed by atoms with E-state index in [2.05, 4.69) is 5.32 Å². The maximum Gasteiger partial charge on any atom is 0.292 e. The molecule has 0 spiro atoms. The van der Waals surface area contributed by atoms with Crippen LogP contribution in [0.4, 0.5) is 11.4 Å². The van der Waals surface area contributed by atoms with Gasteiger partial charge in [0.2, 0.25) is 11.8 Å². The Balaban J connectivity index is 1.29. The van der Waals surface area contributed by atoms with Gasteiger partial charge < -0.3 is 15.1 Å². The van der Waals surface area contributed by atoms with Crippen molar-refractivity contribution in [3.63, 3.8) is 0 Å². The SMILES string of the molecule is O=C(Cc1cccc2ccccc12)NCC(=O)N1CCN(c2ccccc2[N+](=O)[O-])CC1. The molecule has 4 rings (SSSR count). The summed E-state index contributed by atoms with van der Waals surface area (Å²) in [6, 6.07) is 20.4. The zero-order valence-electron chi connectivity index (χ0n) is 17.6. The fourth-order valence-corrected chi connectivity index (χ4v) is 4.05. The number of nitrogens with one attached hydrogen (secondary N) is 1. The van der Waals surface area contributed by atoms with Gasteiger partial charge in [-0.2, -0.15) is 0 Å². The molecule has 0 aliphatic carbocycles. The fraction of sp³-hybridized carbons (Fsp3) is 0.250. The summed E-state index contributed by atoms with van der Waals surface area (Å²) in [5, 5.41) is 16.1. The molecule has 1 saturated heterocycles. The summed E-state index contributed by atoms with van der Waals surface area (Å²) in [6.45, 7) is 1.84. The van der Waals surface area contributed by atoms with E-state index < -0.39 is 4.92 Å². The Hall–Kier alpha value is -3.94. The van der Waals surface area contributed by atoms with Crippen molar-refractivity contribution in [2.75, 3.05) is 37.6 Å². The number of nitrogens with zero attached hydrogens (tertiary/aromatic N) is 3. The van der Waals surface area contributed by atoms with Crippen molar-refractivity contribution in [1.29, 1.82) is 0 Å². The molecule has 164 valence electrons. The van der Waals surface area contributed by atoms with Gasteiger partial charge in [-0.3, -0.25) is 19.7 Å². The molecule has 0 bridgehead atoms. The van der Waals surface area contributed by atoms with Gasteiger partial charge in [-0.25, -0.2) is 0 Å². The van der Waals surface area contributed by atoms with Crippen molar-refractivity contribution in [3.8, 4) is 0 Å². The molecule has 1 aliphatic rings. The lowest BCUT2D eigenvalue weighted by molar-refractivity contribution is -0.384. The highest BCUT2D eigenvalue weighted by Gasteiger charge is 2.25. The van der Waals surface area contributed by atoms with Crippen molar-refractivity contribution in [2.24, 2.45) is 0 Å². The minimum atomic E-state index is -0.391. The van der Waals surface area contributed by atoms with Crippen molar-refractivity contribution in [3.05, 3.63) is 82.4 Å². The number of benzene rings is 3. The van der Waals surface area contributed by atoms with Crippen LogP contribution in [0.15, 0.2) is 66.7 Å². The van der Waals surface area contributed by atoms with E-state index in [0.29, 0.717) is 31.9 Å². The first kappa shape index (κ1) is 21.3. The minimum Gasteiger partial charge on any atom is -0.362 e. The second kappa shape index (κ2) is 9.47. The number of hydrogen-bond donors (Lipinski definition) is 1. The molecule has 8 heteroatoms. The lowest BCUT2D eigenvalue weighted by Gasteiger charge is -2.35. The third-order valence-electron chi connectivity index (χ3n) is 5.72. The van der Waals surface area contributed by atoms with Crippen LogP contribution in [0, 0.1) is 10.1 Å². The Bertz CT molecular complexity index is 1150. The molecular formula is C24H24N4O4. The maximum absolute atomic E-state index is 12.6. The highest BCUT2D eigenvalue weighted by atomic mass is 16.6. The topological polar surface area (TPSA) is 95.8 Å². The molecule has 32 heavy (non-hydrogen) atoms. The molecule has 2 amide bonds. The monoisotopic (exact) mass is 432 g/mol. The standard InChI is InChI=1S/C24H24N4O4/c29-23(16-19-8-5-7-18-6-1-2-9-20(18)19)25-17-24(30)27-14-12-26(13-15-27)21-10-3-4-11-22(21)28(31)32/h1-11H,12-17H2,(H,25,29). The van der Waals surface area contributed by atoms with Crippen molar-refractivity contribution in [1.82, 2.24) is 10.2 Å². The molecule has 1 aliphatic heterocycles. The lowest BCUT2D eigenvalue weighted by Crippen LogP contribution is -2.51. The Morgan fingerprint density at radius 1 is 0.906 bits per heavy atom. The number of piperazine rings is 1. The molecular weight excluding hydrogens is 408 g/mol. The maximum atomic E-state index is 12.6. The van der Waals surface area contributed by atoms with Crippen LogP contribution < -0.4 is 10.2 Å². The lowest BCUT2D eigenvalue weighted by atomic mass is 10.0. The number of carbonyl (C=O) groups excluding carboxylic acids is 2. The van der Waals surface area contributed by atoms with Gasteiger partial charge in [0.25, 0.3) is 5.69 Å².